The van der Waals surface area contributed by atoms with Gasteiger partial charge in [0, 0.05) is 17.9 Å². The third-order valence-electron chi connectivity index (χ3n) is 5.64. The summed E-state index contributed by atoms with van der Waals surface area (Å²) in [4.78, 5) is 17.9. The van der Waals surface area contributed by atoms with Crippen molar-refractivity contribution in [1.29, 1.82) is 0 Å². The highest BCUT2D eigenvalue weighted by atomic mass is 32.2. The number of alkyl halides is 3. The molecule has 1 saturated heterocycles. The van der Waals surface area contributed by atoms with Crippen LogP contribution in [0, 0.1) is 6.92 Å². The molecule has 2 aromatic carbocycles. The summed E-state index contributed by atoms with van der Waals surface area (Å²) in [7, 11) is 0. The van der Waals surface area contributed by atoms with Crippen LogP contribution in [0.2, 0.25) is 0 Å². The molecule has 1 unspecified atom stereocenters. The highest BCUT2D eigenvalue weighted by Crippen LogP contribution is 2.32. The molecule has 2 heterocycles. The summed E-state index contributed by atoms with van der Waals surface area (Å²) in [6.45, 7) is 4.32. The van der Waals surface area contributed by atoms with Crippen LogP contribution in [0.5, 0.6) is 5.75 Å². The average molecular weight is 493 g/mol. The van der Waals surface area contributed by atoms with E-state index in [1.807, 2.05) is 30.0 Å². The second kappa shape index (κ2) is 9.71. The fourth-order valence-electron chi connectivity index (χ4n) is 3.71. The lowest BCUT2D eigenvalue weighted by molar-refractivity contribution is -0.142. The minimum Gasteiger partial charge on any atom is -0.487 e. The maximum Gasteiger partial charge on any atom is 0.416 e. The normalized spacial score (nSPS) is 18.9. The van der Waals surface area contributed by atoms with Gasteiger partial charge in [-0.05, 0) is 55.8 Å². The van der Waals surface area contributed by atoms with Crippen LogP contribution in [-0.4, -0.2) is 38.1 Å². The SMILES string of the molecule is Cc1oc(-c2ccc(C(F)(F)F)cc2)nc1COc1cccc(CN2C(C(=O)O)CS[C@@H]2C)c1. The lowest BCUT2D eigenvalue weighted by Gasteiger charge is -2.24. The number of halogens is 3. The molecule has 3 aromatic rings. The van der Waals surface area contributed by atoms with Crippen molar-refractivity contribution in [2.24, 2.45) is 0 Å². The Morgan fingerprint density at radius 1 is 1.26 bits per heavy atom. The zero-order valence-corrected chi connectivity index (χ0v) is 19.3. The Kier molecular flexibility index (Phi) is 6.90. The first-order chi connectivity index (χ1) is 16.1. The summed E-state index contributed by atoms with van der Waals surface area (Å²) < 4.78 is 49.9. The Morgan fingerprint density at radius 2 is 2.00 bits per heavy atom. The number of carbonyl (C=O) groups is 1. The van der Waals surface area contributed by atoms with E-state index in [4.69, 9.17) is 9.15 Å². The number of carboxylic acids is 1. The molecule has 0 saturated carbocycles. The number of benzene rings is 2. The quantitative estimate of drug-likeness (QED) is 0.460. The van der Waals surface area contributed by atoms with E-state index in [1.165, 1.54) is 12.1 Å². The van der Waals surface area contributed by atoms with Gasteiger partial charge in [-0.2, -0.15) is 13.2 Å². The number of aliphatic carboxylic acids is 1. The summed E-state index contributed by atoms with van der Waals surface area (Å²) in [5.74, 6) is 1.06. The molecule has 0 radical (unpaired) electrons. The lowest BCUT2D eigenvalue weighted by Crippen LogP contribution is -2.40. The van der Waals surface area contributed by atoms with Crippen molar-refractivity contribution in [3.8, 4) is 17.2 Å². The van der Waals surface area contributed by atoms with E-state index in [9.17, 15) is 23.1 Å². The predicted octanol–water partition coefficient (Wildman–Crippen LogP) is 5.60. The minimum absolute atomic E-state index is 0.104. The molecular weight excluding hydrogens is 469 g/mol. The lowest BCUT2D eigenvalue weighted by atomic mass is 10.1. The van der Waals surface area contributed by atoms with E-state index >= 15 is 0 Å². The minimum atomic E-state index is -4.40. The molecule has 4 rings (SSSR count). The highest BCUT2D eigenvalue weighted by molar-refractivity contribution is 8.00. The van der Waals surface area contributed by atoms with E-state index in [0.29, 0.717) is 35.1 Å². The fourth-order valence-corrected chi connectivity index (χ4v) is 4.92. The first kappa shape index (κ1) is 24.2. The van der Waals surface area contributed by atoms with Crippen molar-refractivity contribution in [2.75, 3.05) is 5.75 Å². The third kappa shape index (κ3) is 5.39. The van der Waals surface area contributed by atoms with Crippen LogP contribution in [0.1, 0.15) is 29.5 Å². The maximum absolute atomic E-state index is 12.8. The van der Waals surface area contributed by atoms with Crippen LogP contribution in [0.15, 0.2) is 52.9 Å². The number of oxazole rings is 1. The van der Waals surface area contributed by atoms with Gasteiger partial charge in [0.2, 0.25) is 5.89 Å². The van der Waals surface area contributed by atoms with Crippen LogP contribution < -0.4 is 4.74 Å². The van der Waals surface area contributed by atoms with Gasteiger partial charge >= 0.3 is 12.1 Å². The van der Waals surface area contributed by atoms with Gasteiger partial charge in [0.05, 0.1) is 10.9 Å². The number of ether oxygens (including phenoxy) is 1. The van der Waals surface area contributed by atoms with Gasteiger partial charge in [-0.3, -0.25) is 9.69 Å². The number of hydrogen-bond acceptors (Lipinski definition) is 6. The number of aromatic nitrogens is 1. The van der Waals surface area contributed by atoms with Gasteiger partial charge < -0.3 is 14.3 Å². The molecule has 1 aliphatic heterocycles. The number of carboxylic acid groups (broad SMARTS) is 1. The van der Waals surface area contributed by atoms with Crippen molar-refractivity contribution < 1.29 is 32.2 Å². The Hall–Kier alpha value is -2.98. The molecule has 10 heteroatoms. The molecule has 0 amide bonds. The molecule has 34 heavy (non-hydrogen) atoms. The number of thioether (sulfide) groups is 1. The van der Waals surface area contributed by atoms with Crippen LogP contribution in [0.4, 0.5) is 13.2 Å². The molecule has 1 N–H and O–H groups in total. The maximum atomic E-state index is 12.8. The summed E-state index contributed by atoms with van der Waals surface area (Å²) in [6, 6.07) is 11.5. The summed E-state index contributed by atoms with van der Waals surface area (Å²) in [5, 5.41) is 9.56. The van der Waals surface area contributed by atoms with Crippen LogP contribution in [0.25, 0.3) is 11.5 Å². The molecule has 2 atom stereocenters. The van der Waals surface area contributed by atoms with Crippen molar-refractivity contribution in [3.05, 3.63) is 71.1 Å². The van der Waals surface area contributed by atoms with Crippen molar-refractivity contribution in [1.82, 2.24) is 9.88 Å². The number of hydrogen-bond donors (Lipinski definition) is 1. The van der Waals surface area contributed by atoms with Gasteiger partial charge in [-0.15, -0.1) is 11.8 Å². The molecule has 0 spiro atoms. The van der Waals surface area contributed by atoms with Crippen molar-refractivity contribution >= 4 is 17.7 Å². The first-order valence-corrected chi connectivity index (χ1v) is 11.6. The molecule has 0 bridgehead atoms. The molecule has 1 aliphatic rings. The standard InChI is InChI=1S/C24H23F3N2O4S/c1-14-20(28-22(33-14)17-6-8-18(9-7-17)24(25,26)27)12-32-19-5-3-4-16(10-19)11-29-15(2)34-13-21(29)23(30)31/h3-10,15,21H,11-13H2,1-2H3,(H,30,31)/t15-,21?/m1/s1. The van der Waals surface area contributed by atoms with Crippen LogP contribution in [-0.2, 0) is 24.1 Å². The Labute approximate surface area is 198 Å². The predicted molar refractivity (Wildman–Crippen MR) is 121 cm³/mol. The average Bonchev–Trinajstić information content (AvgIpc) is 3.34. The van der Waals surface area contributed by atoms with E-state index < -0.39 is 23.8 Å². The highest BCUT2D eigenvalue weighted by Gasteiger charge is 2.36. The molecule has 1 aromatic heterocycles. The van der Waals surface area contributed by atoms with Gasteiger partial charge in [0.1, 0.15) is 29.9 Å². The fraction of sp³-hybridized carbons (Fsp3) is 0.333. The smallest absolute Gasteiger partial charge is 0.416 e. The number of aryl methyl sites for hydroxylation is 1. The van der Waals surface area contributed by atoms with Gasteiger partial charge in [0.15, 0.2) is 0 Å². The van der Waals surface area contributed by atoms with Crippen molar-refractivity contribution in [3.63, 3.8) is 0 Å². The largest absolute Gasteiger partial charge is 0.487 e. The number of rotatable bonds is 7. The number of nitrogens with zero attached hydrogens (tertiary/aromatic N) is 2. The molecular formula is C24H23F3N2O4S. The second-order valence-electron chi connectivity index (χ2n) is 7.99. The second-order valence-corrected chi connectivity index (χ2v) is 9.34. The van der Waals surface area contributed by atoms with E-state index in [0.717, 1.165) is 17.7 Å². The van der Waals surface area contributed by atoms with E-state index in [2.05, 4.69) is 4.98 Å². The molecule has 0 aliphatic carbocycles. The van der Waals surface area contributed by atoms with Crippen LogP contribution in [0.3, 0.4) is 0 Å². The van der Waals surface area contributed by atoms with Crippen LogP contribution >= 0.6 is 11.8 Å². The summed E-state index contributed by atoms with van der Waals surface area (Å²) in [5.41, 5.74) is 1.17. The van der Waals surface area contributed by atoms with Gasteiger partial charge in [-0.1, -0.05) is 12.1 Å². The Balaban J connectivity index is 1.42. The molecule has 180 valence electrons. The topological polar surface area (TPSA) is 75.8 Å². The first-order valence-electron chi connectivity index (χ1n) is 10.6. The Morgan fingerprint density at radius 3 is 2.68 bits per heavy atom. The Bertz CT molecular complexity index is 1160. The zero-order chi connectivity index (χ0) is 24.5. The van der Waals surface area contributed by atoms with Gasteiger partial charge in [0.25, 0.3) is 0 Å². The monoisotopic (exact) mass is 492 g/mol. The molecule has 1 fully saturated rings. The van der Waals surface area contributed by atoms with Gasteiger partial charge in [-0.25, -0.2) is 4.98 Å². The summed E-state index contributed by atoms with van der Waals surface area (Å²) >= 11 is 1.62. The van der Waals surface area contributed by atoms with Crippen molar-refractivity contribution in [2.45, 2.75) is 44.6 Å². The third-order valence-corrected chi connectivity index (χ3v) is 6.90. The van der Waals surface area contributed by atoms with E-state index in [1.54, 1.807) is 24.8 Å². The zero-order valence-electron chi connectivity index (χ0n) is 18.5. The summed E-state index contributed by atoms with van der Waals surface area (Å²) in [6.07, 6.45) is -4.40. The van der Waals surface area contributed by atoms with E-state index in [-0.39, 0.29) is 17.9 Å². The molecule has 6 nitrogen and oxygen atoms in total.